The van der Waals surface area contributed by atoms with Gasteiger partial charge in [-0.25, -0.2) is 4.98 Å². The summed E-state index contributed by atoms with van der Waals surface area (Å²) in [6, 6.07) is 9.78. The Kier molecular flexibility index (Phi) is 4.69. The minimum absolute atomic E-state index is 0.529. The lowest BCUT2D eigenvalue weighted by Crippen LogP contribution is -2.25. The molecule has 0 bridgehead atoms. The molecule has 0 aliphatic heterocycles. The van der Waals surface area contributed by atoms with Gasteiger partial charge in [0.05, 0.1) is 18.3 Å². The first-order valence-electron chi connectivity index (χ1n) is 6.92. The Bertz CT molecular complexity index is 569. The van der Waals surface area contributed by atoms with Gasteiger partial charge in [0.2, 0.25) is 0 Å². The van der Waals surface area contributed by atoms with Gasteiger partial charge in [0.25, 0.3) is 0 Å². The molecule has 0 aromatic carbocycles. The van der Waals surface area contributed by atoms with Crippen molar-refractivity contribution in [1.29, 1.82) is 0 Å². The monoisotopic (exact) mass is 271 g/mol. The zero-order valence-corrected chi connectivity index (χ0v) is 12.2. The van der Waals surface area contributed by atoms with E-state index >= 15 is 0 Å². The van der Waals surface area contributed by atoms with E-state index in [4.69, 9.17) is 0 Å². The maximum Gasteiger partial charge on any atom is 0.134 e. The van der Waals surface area contributed by atoms with Crippen molar-refractivity contribution in [3.63, 3.8) is 0 Å². The second-order valence-corrected chi connectivity index (χ2v) is 4.88. The van der Waals surface area contributed by atoms with Gasteiger partial charge in [-0.1, -0.05) is 12.1 Å². The second kappa shape index (κ2) is 6.48. The predicted molar refractivity (Wildman–Crippen MR) is 80.6 cm³/mol. The number of pyridine rings is 2. The molecule has 2 aromatic heterocycles. The number of aliphatic hydroxyl groups is 1. The molecule has 4 heteroatoms. The first-order chi connectivity index (χ1) is 9.61. The molecule has 0 aliphatic rings. The number of hydrogen-bond acceptors (Lipinski definition) is 4. The number of nitrogens with zero attached hydrogens (tertiary/aromatic N) is 3. The molecule has 106 valence electrons. The highest BCUT2D eigenvalue weighted by molar-refractivity contribution is 5.48. The summed E-state index contributed by atoms with van der Waals surface area (Å²) in [5.41, 5.74) is 2.87. The zero-order valence-electron chi connectivity index (χ0n) is 12.2. The van der Waals surface area contributed by atoms with Crippen molar-refractivity contribution in [2.24, 2.45) is 0 Å². The third-order valence-electron chi connectivity index (χ3n) is 3.25. The average Bonchev–Trinajstić information content (AvgIpc) is 2.45. The summed E-state index contributed by atoms with van der Waals surface area (Å²) in [4.78, 5) is 11.1. The molecule has 20 heavy (non-hydrogen) atoms. The Morgan fingerprint density at radius 3 is 2.70 bits per heavy atom. The van der Waals surface area contributed by atoms with Crippen LogP contribution in [0.4, 0.5) is 5.82 Å². The zero-order chi connectivity index (χ0) is 14.5. The van der Waals surface area contributed by atoms with Gasteiger partial charge in [-0.15, -0.1) is 0 Å². The van der Waals surface area contributed by atoms with Crippen molar-refractivity contribution >= 4 is 5.82 Å². The summed E-state index contributed by atoms with van der Waals surface area (Å²) < 4.78 is 0. The molecule has 1 N–H and O–H groups in total. The fraction of sp³-hybridized carbons (Fsp3) is 0.375. The average molecular weight is 271 g/mol. The number of hydrogen-bond donors (Lipinski definition) is 1. The Morgan fingerprint density at radius 2 is 2.05 bits per heavy atom. The summed E-state index contributed by atoms with van der Waals surface area (Å²) in [5, 5.41) is 9.88. The van der Waals surface area contributed by atoms with E-state index in [0.29, 0.717) is 6.54 Å². The minimum Gasteiger partial charge on any atom is -0.389 e. The molecule has 0 radical (unpaired) electrons. The predicted octanol–water partition coefficient (Wildman–Crippen LogP) is 2.86. The Morgan fingerprint density at radius 1 is 1.25 bits per heavy atom. The second-order valence-electron chi connectivity index (χ2n) is 4.88. The maximum atomic E-state index is 9.88. The Balaban J connectivity index is 2.29. The van der Waals surface area contributed by atoms with Crippen molar-refractivity contribution in [3.05, 3.63) is 53.5 Å². The maximum absolute atomic E-state index is 9.88. The molecule has 2 aromatic rings. The molecule has 0 amide bonds. The lowest BCUT2D eigenvalue weighted by Gasteiger charge is -2.25. The van der Waals surface area contributed by atoms with Crippen molar-refractivity contribution in [2.75, 3.05) is 11.4 Å². The van der Waals surface area contributed by atoms with Crippen LogP contribution in [0.1, 0.15) is 36.9 Å². The molecular formula is C16H21N3O. The summed E-state index contributed by atoms with van der Waals surface area (Å²) in [6.45, 7) is 7.33. The lowest BCUT2D eigenvalue weighted by atomic mass is 10.1. The molecule has 0 aliphatic carbocycles. The van der Waals surface area contributed by atoms with E-state index in [1.165, 1.54) is 0 Å². The van der Waals surface area contributed by atoms with Crippen LogP contribution in [0.25, 0.3) is 0 Å². The van der Waals surface area contributed by atoms with Crippen LogP contribution in [-0.4, -0.2) is 21.6 Å². The van der Waals surface area contributed by atoms with E-state index in [0.717, 1.165) is 29.3 Å². The van der Waals surface area contributed by atoms with E-state index in [1.807, 2.05) is 37.3 Å². The molecule has 2 heterocycles. The van der Waals surface area contributed by atoms with Crippen molar-refractivity contribution in [1.82, 2.24) is 9.97 Å². The molecule has 1 atom stereocenters. The standard InChI is InChI=1S/C16H21N3O/c1-4-19(11-14-8-5-7-12(2)18-14)16-15(13(3)20)9-6-10-17-16/h5-10,13,20H,4,11H2,1-3H3/t13-/m0/s1. The van der Waals surface area contributed by atoms with Gasteiger partial charge in [0, 0.05) is 24.0 Å². The number of rotatable bonds is 5. The quantitative estimate of drug-likeness (QED) is 0.908. The smallest absolute Gasteiger partial charge is 0.134 e. The van der Waals surface area contributed by atoms with Crippen LogP contribution in [0.3, 0.4) is 0 Å². The van der Waals surface area contributed by atoms with E-state index in [2.05, 4.69) is 21.8 Å². The minimum atomic E-state index is -0.529. The van der Waals surface area contributed by atoms with Crippen LogP contribution in [0.15, 0.2) is 36.5 Å². The fourth-order valence-corrected chi connectivity index (χ4v) is 2.22. The first kappa shape index (κ1) is 14.5. The Labute approximate surface area is 120 Å². The third kappa shape index (κ3) is 3.33. The number of aromatic nitrogens is 2. The summed E-state index contributed by atoms with van der Waals surface area (Å²) >= 11 is 0. The van der Waals surface area contributed by atoms with Gasteiger partial charge < -0.3 is 10.0 Å². The van der Waals surface area contributed by atoms with Crippen molar-refractivity contribution in [3.8, 4) is 0 Å². The number of anilines is 1. The van der Waals surface area contributed by atoms with Crippen LogP contribution < -0.4 is 4.90 Å². The van der Waals surface area contributed by atoms with Crippen LogP contribution in [0.5, 0.6) is 0 Å². The molecule has 0 fully saturated rings. The molecule has 0 saturated heterocycles. The largest absolute Gasteiger partial charge is 0.389 e. The molecule has 0 spiro atoms. The van der Waals surface area contributed by atoms with Gasteiger partial charge in [0.1, 0.15) is 5.82 Å². The van der Waals surface area contributed by atoms with Crippen LogP contribution in [0.2, 0.25) is 0 Å². The normalized spacial score (nSPS) is 12.2. The summed E-state index contributed by atoms with van der Waals surface area (Å²) in [6.07, 6.45) is 1.23. The molecule has 4 nitrogen and oxygen atoms in total. The number of aliphatic hydroxyl groups excluding tert-OH is 1. The van der Waals surface area contributed by atoms with Gasteiger partial charge in [-0.3, -0.25) is 4.98 Å². The molecule has 0 saturated carbocycles. The highest BCUT2D eigenvalue weighted by atomic mass is 16.3. The topological polar surface area (TPSA) is 49.2 Å². The van der Waals surface area contributed by atoms with Gasteiger partial charge >= 0.3 is 0 Å². The van der Waals surface area contributed by atoms with Crippen LogP contribution in [-0.2, 0) is 6.54 Å². The van der Waals surface area contributed by atoms with Gasteiger partial charge in [-0.2, -0.15) is 0 Å². The fourth-order valence-electron chi connectivity index (χ4n) is 2.22. The van der Waals surface area contributed by atoms with Crippen LogP contribution >= 0.6 is 0 Å². The molecular weight excluding hydrogens is 250 g/mol. The van der Waals surface area contributed by atoms with Crippen molar-refractivity contribution < 1.29 is 5.11 Å². The Hall–Kier alpha value is -1.94. The van der Waals surface area contributed by atoms with E-state index in [1.54, 1.807) is 13.1 Å². The van der Waals surface area contributed by atoms with Crippen LogP contribution in [0, 0.1) is 6.92 Å². The van der Waals surface area contributed by atoms with E-state index < -0.39 is 6.10 Å². The highest BCUT2D eigenvalue weighted by Gasteiger charge is 2.15. The van der Waals surface area contributed by atoms with Gasteiger partial charge in [0.15, 0.2) is 0 Å². The van der Waals surface area contributed by atoms with E-state index in [-0.39, 0.29) is 0 Å². The lowest BCUT2D eigenvalue weighted by molar-refractivity contribution is 0.199. The third-order valence-corrected chi connectivity index (χ3v) is 3.25. The molecule has 0 unspecified atom stereocenters. The number of aryl methyl sites for hydroxylation is 1. The SMILES string of the molecule is CCN(Cc1cccc(C)n1)c1ncccc1[C@H](C)O. The molecule has 2 rings (SSSR count). The highest BCUT2D eigenvalue weighted by Crippen LogP contribution is 2.24. The van der Waals surface area contributed by atoms with Gasteiger partial charge in [-0.05, 0) is 39.0 Å². The summed E-state index contributed by atoms with van der Waals surface area (Å²) in [7, 11) is 0. The summed E-state index contributed by atoms with van der Waals surface area (Å²) in [5.74, 6) is 0.827. The van der Waals surface area contributed by atoms with E-state index in [9.17, 15) is 5.11 Å². The van der Waals surface area contributed by atoms with Crippen molar-refractivity contribution in [2.45, 2.75) is 33.4 Å². The first-order valence-corrected chi connectivity index (χ1v) is 6.92.